The molecule has 3 N–H and O–H groups in total. The molecule has 0 saturated carbocycles. The van der Waals surface area contributed by atoms with Crippen LogP contribution in [0.4, 0.5) is 5.69 Å². The summed E-state index contributed by atoms with van der Waals surface area (Å²) in [6.07, 6.45) is -0.537. The van der Waals surface area contributed by atoms with Crippen LogP contribution in [0.3, 0.4) is 0 Å². The third-order valence-electron chi connectivity index (χ3n) is 2.27. The van der Waals surface area contributed by atoms with Crippen molar-refractivity contribution in [2.45, 2.75) is 20.0 Å². The molecule has 1 rings (SSSR count). The second-order valence-electron chi connectivity index (χ2n) is 3.65. The number of aliphatic hydroxyl groups excluding tert-OH is 1. The van der Waals surface area contributed by atoms with E-state index in [1.165, 1.54) is 0 Å². The Morgan fingerprint density at radius 1 is 1.36 bits per heavy atom. The molecule has 14 heavy (non-hydrogen) atoms. The van der Waals surface area contributed by atoms with Gasteiger partial charge in [-0.15, -0.1) is 0 Å². The Hall–Kier alpha value is -1.22. The maximum absolute atomic E-state index is 9.86. The van der Waals surface area contributed by atoms with Crippen molar-refractivity contribution in [3.63, 3.8) is 0 Å². The number of methoxy groups -OCH3 is 1. The van der Waals surface area contributed by atoms with E-state index in [4.69, 9.17) is 10.5 Å². The van der Waals surface area contributed by atoms with E-state index in [1.807, 2.05) is 26.0 Å². The van der Waals surface area contributed by atoms with Crippen LogP contribution in [0.1, 0.15) is 25.5 Å². The molecule has 0 heterocycles. The van der Waals surface area contributed by atoms with E-state index in [0.717, 1.165) is 5.56 Å². The topological polar surface area (TPSA) is 55.5 Å². The highest BCUT2D eigenvalue weighted by molar-refractivity contribution is 5.59. The predicted octanol–water partition coefficient (Wildman–Crippen LogP) is 1.97. The van der Waals surface area contributed by atoms with Crippen LogP contribution in [0.2, 0.25) is 0 Å². The smallest absolute Gasteiger partial charge is 0.142 e. The lowest BCUT2D eigenvalue weighted by molar-refractivity contribution is 0.127. The average Bonchev–Trinajstić information content (AvgIpc) is 2.17. The molecule has 0 bridgehead atoms. The Morgan fingerprint density at radius 3 is 2.50 bits per heavy atom. The predicted molar refractivity (Wildman–Crippen MR) is 57.2 cm³/mol. The first-order valence-electron chi connectivity index (χ1n) is 4.68. The fourth-order valence-corrected chi connectivity index (χ4v) is 1.36. The van der Waals surface area contributed by atoms with Crippen molar-refractivity contribution in [1.82, 2.24) is 0 Å². The Balaban J connectivity index is 3.09. The zero-order chi connectivity index (χ0) is 10.7. The zero-order valence-electron chi connectivity index (χ0n) is 8.82. The van der Waals surface area contributed by atoms with Crippen LogP contribution in [0.15, 0.2) is 18.2 Å². The van der Waals surface area contributed by atoms with Gasteiger partial charge in [0, 0.05) is 5.56 Å². The highest BCUT2D eigenvalue weighted by Crippen LogP contribution is 2.32. The Bertz CT molecular complexity index is 310. The van der Waals surface area contributed by atoms with Gasteiger partial charge >= 0.3 is 0 Å². The summed E-state index contributed by atoms with van der Waals surface area (Å²) in [5, 5.41) is 9.86. The summed E-state index contributed by atoms with van der Waals surface area (Å²) >= 11 is 0. The van der Waals surface area contributed by atoms with Gasteiger partial charge in [0.15, 0.2) is 0 Å². The van der Waals surface area contributed by atoms with Gasteiger partial charge in [-0.1, -0.05) is 26.0 Å². The van der Waals surface area contributed by atoms with Gasteiger partial charge < -0.3 is 15.6 Å². The molecule has 1 atom stereocenters. The Kier molecular flexibility index (Phi) is 3.36. The Morgan fingerprint density at radius 2 is 2.00 bits per heavy atom. The monoisotopic (exact) mass is 195 g/mol. The minimum absolute atomic E-state index is 0.143. The second-order valence-corrected chi connectivity index (χ2v) is 3.65. The van der Waals surface area contributed by atoms with Crippen LogP contribution in [0.25, 0.3) is 0 Å². The minimum atomic E-state index is -0.537. The van der Waals surface area contributed by atoms with Crippen molar-refractivity contribution < 1.29 is 9.84 Å². The molecule has 0 amide bonds. The summed E-state index contributed by atoms with van der Waals surface area (Å²) in [5.41, 5.74) is 7.11. The molecule has 0 aromatic heterocycles. The summed E-state index contributed by atoms with van der Waals surface area (Å²) in [4.78, 5) is 0. The molecule has 3 nitrogen and oxygen atoms in total. The number of anilines is 1. The summed E-state index contributed by atoms with van der Waals surface area (Å²) in [7, 11) is 1.57. The molecule has 3 heteroatoms. The lowest BCUT2D eigenvalue weighted by Crippen LogP contribution is -2.09. The van der Waals surface area contributed by atoms with Crippen molar-refractivity contribution in [3.8, 4) is 5.75 Å². The zero-order valence-corrected chi connectivity index (χ0v) is 8.82. The first-order chi connectivity index (χ1) is 6.57. The van der Waals surface area contributed by atoms with Crippen molar-refractivity contribution >= 4 is 5.69 Å². The molecule has 78 valence electrons. The standard InChI is InChI=1S/C11H17NO2/c1-7(2)11(13)8-5-4-6-9(14-3)10(8)12/h4-7,11,13H,12H2,1-3H3. The lowest BCUT2D eigenvalue weighted by atomic mass is 9.97. The summed E-state index contributed by atoms with van der Waals surface area (Å²) in [6.45, 7) is 3.90. The molecule has 0 aliphatic rings. The third-order valence-corrected chi connectivity index (χ3v) is 2.27. The first kappa shape index (κ1) is 10.9. The van der Waals surface area contributed by atoms with Crippen molar-refractivity contribution in [1.29, 1.82) is 0 Å². The van der Waals surface area contributed by atoms with Gasteiger partial charge in [0.25, 0.3) is 0 Å². The van der Waals surface area contributed by atoms with Crippen molar-refractivity contribution in [2.75, 3.05) is 12.8 Å². The van der Waals surface area contributed by atoms with E-state index in [1.54, 1.807) is 13.2 Å². The van der Waals surface area contributed by atoms with Crippen LogP contribution in [-0.2, 0) is 0 Å². The molecule has 1 aromatic carbocycles. The number of nitrogen functional groups attached to an aromatic ring is 1. The third kappa shape index (κ3) is 1.99. The molecule has 0 radical (unpaired) electrons. The lowest BCUT2D eigenvalue weighted by Gasteiger charge is -2.18. The summed E-state index contributed by atoms with van der Waals surface area (Å²) in [5.74, 6) is 0.756. The van der Waals surface area contributed by atoms with Crippen molar-refractivity contribution in [2.24, 2.45) is 5.92 Å². The number of ether oxygens (including phenoxy) is 1. The summed E-state index contributed by atoms with van der Waals surface area (Å²) < 4.78 is 5.08. The van der Waals surface area contributed by atoms with Crippen LogP contribution in [0, 0.1) is 5.92 Å². The van der Waals surface area contributed by atoms with Gasteiger partial charge in [0.2, 0.25) is 0 Å². The molecular formula is C11H17NO2. The first-order valence-corrected chi connectivity index (χ1v) is 4.68. The number of benzene rings is 1. The molecule has 0 spiro atoms. The minimum Gasteiger partial charge on any atom is -0.495 e. The highest BCUT2D eigenvalue weighted by atomic mass is 16.5. The average molecular weight is 195 g/mol. The largest absolute Gasteiger partial charge is 0.495 e. The number of para-hydroxylation sites is 1. The maximum Gasteiger partial charge on any atom is 0.142 e. The molecule has 0 fully saturated rings. The van der Waals surface area contributed by atoms with E-state index in [9.17, 15) is 5.11 Å². The van der Waals surface area contributed by atoms with E-state index in [0.29, 0.717) is 11.4 Å². The van der Waals surface area contributed by atoms with Gasteiger partial charge in [-0.05, 0) is 12.0 Å². The molecule has 0 aliphatic heterocycles. The van der Waals surface area contributed by atoms with Gasteiger partial charge in [0.1, 0.15) is 5.75 Å². The number of nitrogens with two attached hydrogens (primary N) is 1. The molecule has 1 unspecified atom stereocenters. The molecule has 1 aromatic rings. The van der Waals surface area contributed by atoms with E-state index in [-0.39, 0.29) is 5.92 Å². The molecule has 0 aliphatic carbocycles. The number of hydrogen-bond acceptors (Lipinski definition) is 3. The quantitative estimate of drug-likeness (QED) is 0.725. The maximum atomic E-state index is 9.86. The normalized spacial score (nSPS) is 12.9. The van der Waals surface area contributed by atoms with Gasteiger partial charge in [0.05, 0.1) is 18.9 Å². The SMILES string of the molecule is COc1cccc(C(O)C(C)C)c1N. The van der Waals surface area contributed by atoms with Crippen LogP contribution in [0.5, 0.6) is 5.75 Å². The Labute approximate surface area is 84.5 Å². The fourth-order valence-electron chi connectivity index (χ4n) is 1.36. The van der Waals surface area contributed by atoms with Crippen molar-refractivity contribution in [3.05, 3.63) is 23.8 Å². The number of aliphatic hydroxyl groups is 1. The van der Waals surface area contributed by atoms with Crippen LogP contribution in [-0.4, -0.2) is 12.2 Å². The van der Waals surface area contributed by atoms with Gasteiger partial charge in [-0.25, -0.2) is 0 Å². The van der Waals surface area contributed by atoms with Gasteiger partial charge in [-0.3, -0.25) is 0 Å². The van der Waals surface area contributed by atoms with Gasteiger partial charge in [-0.2, -0.15) is 0 Å². The molecule has 0 saturated heterocycles. The van der Waals surface area contributed by atoms with Crippen LogP contribution < -0.4 is 10.5 Å². The van der Waals surface area contributed by atoms with E-state index >= 15 is 0 Å². The van der Waals surface area contributed by atoms with Crippen LogP contribution >= 0.6 is 0 Å². The highest BCUT2D eigenvalue weighted by Gasteiger charge is 2.16. The number of rotatable bonds is 3. The molecular weight excluding hydrogens is 178 g/mol. The fraction of sp³-hybridized carbons (Fsp3) is 0.455. The number of hydrogen-bond donors (Lipinski definition) is 2. The second kappa shape index (κ2) is 4.33. The van der Waals surface area contributed by atoms with E-state index < -0.39 is 6.10 Å². The summed E-state index contributed by atoms with van der Waals surface area (Å²) in [6, 6.07) is 5.44. The van der Waals surface area contributed by atoms with E-state index in [2.05, 4.69) is 0 Å².